The summed E-state index contributed by atoms with van der Waals surface area (Å²) in [5, 5.41) is 2.70. The fourth-order valence-corrected chi connectivity index (χ4v) is 6.43. The maximum atomic E-state index is 2.39. The summed E-state index contributed by atoms with van der Waals surface area (Å²) in [4.78, 5) is 0. The van der Waals surface area contributed by atoms with Gasteiger partial charge >= 0.3 is 0 Å². The molecule has 1 aliphatic rings. The zero-order valence-corrected chi connectivity index (χ0v) is 18.3. The maximum Gasteiger partial charge on any atom is 0.0433 e. The van der Waals surface area contributed by atoms with E-state index in [9.17, 15) is 0 Å². The summed E-state index contributed by atoms with van der Waals surface area (Å²) >= 11 is 1.91. The number of rotatable bonds is 2. The fourth-order valence-electron chi connectivity index (χ4n) is 5.15. The lowest BCUT2D eigenvalue weighted by molar-refractivity contribution is 1.26. The van der Waals surface area contributed by atoms with Gasteiger partial charge in [0, 0.05) is 20.2 Å². The molecule has 0 atom stereocenters. The van der Waals surface area contributed by atoms with Crippen LogP contribution in [0.4, 0.5) is 0 Å². The van der Waals surface area contributed by atoms with Crippen molar-refractivity contribution in [3.8, 4) is 33.4 Å². The Labute approximate surface area is 191 Å². The number of fused-ring (bicyclic) bond motifs is 6. The summed E-state index contributed by atoms with van der Waals surface area (Å²) in [7, 11) is 0. The highest BCUT2D eigenvalue weighted by Gasteiger charge is 2.18. The molecular formula is C31H20S. The van der Waals surface area contributed by atoms with Crippen molar-refractivity contribution < 1.29 is 0 Å². The van der Waals surface area contributed by atoms with Gasteiger partial charge in [-0.1, -0.05) is 103 Å². The third-order valence-corrected chi connectivity index (χ3v) is 7.91. The van der Waals surface area contributed by atoms with Crippen LogP contribution in [0.1, 0.15) is 11.1 Å². The molecule has 150 valence electrons. The van der Waals surface area contributed by atoms with Crippen molar-refractivity contribution in [2.75, 3.05) is 0 Å². The number of hydrogen-bond donors (Lipinski definition) is 0. The van der Waals surface area contributed by atoms with Gasteiger partial charge in [-0.05, 0) is 57.0 Å². The van der Waals surface area contributed by atoms with E-state index in [2.05, 4.69) is 109 Å². The van der Waals surface area contributed by atoms with Gasteiger partial charge in [0.1, 0.15) is 0 Å². The summed E-state index contributed by atoms with van der Waals surface area (Å²) in [6.07, 6.45) is 1.03. The monoisotopic (exact) mass is 424 g/mol. The van der Waals surface area contributed by atoms with Crippen molar-refractivity contribution in [2.24, 2.45) is 0 Å². The molecule has 0 saturated heterocycles. The molecule has 1 aliphatic carbocycles. The van der Waals surface area contributed by atoms with E-state index in [4.69, 9.17) is 0 Å². The molecule has 0 nitrogen and oxygen atoms in total. The van der Waals surface area contributed by atoms with E-state index in [0.717, 1.165) is 6.42 Å². The Kier molecular flexibility index (Phi) is 3.88. The van der Waals surface area contributed by atoms with E-state index >= 15 is 0 Å². The Morgan fingerprint density at radius 2 is 1.22 bits per heavy atom. The molecule has 0 radical (unpaired) electrons. The van der Waals surface area contributed by atoms with Crippen molar-refractivity contribution in [1.82, 2.24) is 0 Å². The summed E-state index contributed by atoms with van der Waals surface area (Å²) in [5.74, 6) is 0. The van der Waals surface area contributed by atoms with Crippen LogP contribution in [-0.2, 0) is 6.42 Å². The lowest BCUT2D eigenvalue weighted by Gasteiger charge is -2.06. The third-order valence-electron chi connectivity index (χ3n) is 6.71. The van der Waals surface area contributed by atoms with Gasteiger partial charge in [0.25, 0.3) is 0 Å². The molecule has 1 aromatic heterocycles. The van der Waals surface area contributed by atoms with E-state index in [1.807, 2.05) is 11.3 Å². The number of hydrogen-bond acceptors (Lipinski definition) is 1. The first-order chi connectivity index (χ1) is 15.8. The van der Waals surface area contributed by atoms with Crippen molar-refractivity contribution >= 4 is 31.5 Å². The van der Waals surface area contributed by atoms with Gasteiger partial charge in [0.05, 0.1) is 0 Å². The summed E-state index contributed by atoms with van der Waals surface area (Å²) in [6.45, 7) is 0. The average molecular weight is 425 g/mol. The van der Waals surface area contributed by atoms with Gasteiger partial charge in [-0.3, -0.25) is 0 Å². The summed E-state index contributed by atoms with van der Waals surface area (Å²) in [5.41, 5.74) is 10.9. The van der Waals surface area contributed by atoms with Gasteiger partial charge < -0.3 is 0 Å². The molecule has 0 unspecified atom stereocenters. The first-order valence-corrected chi connectivity index (χ1v) is 11.9. The molecule has 1 heterocycles. The molecule has 1 heteroatoms. The highest BCUT2D eigenvalue weighted by Crippen LogP contribution is 2.42. The van der Waals surface area contributed by atoms with E-state index in [1.54, 1.807) is 0 Å². The first-order valence-electron chi connectivity index (χ1n) is 11.1. The van der Waals surface area contributed by atoms with Crippen LogP contribution in [-0.4, -0.2) is 0 Å². The molecule has 6 aromatic rings. The van der Waals surface area contributed by atoms with Crippen molar-refractivity contribution in [2.45, 2.75) is 6.42 Å². The highest BCUT2D eigenvalue weighted by atomic mass is 32.1. The van der Waals surface area contributed by atoms with Gasteiger partial charge in [0.2, 0.25) is 0 Å². The molecule has 0 spiro atoms. The quantitative estimate of drug-likeness (QED) is 0.260. The van der Waals surface area contributed by atoms with Crippen LogP contribution in [0.15, 0.2) is 109 Å². The van der Waals surface area contributed by atoms with Gasteiger partial charge in [-0.15, -0.1) is 11.3 Å². The standard InChI is InChI=1S/C31H20S/c1-2-7-20(8-3-1)27-11-6-12-29-28-16-14-22(19-30(28)32-31(27)29)21-13-15-26-24(17-21)18-23-9-4-5-10-25(23)26/h1-17,19H,18H2. The minimum Gasteiger partial charge on any atom is -0.135 e. The van der Waals surface area contributed by atoms with Crippen LogP contribution in [0.25, 0.3) is 53.6 Å². The van der Waals surface area contributed by atoms with E-state index in [1.165, 1.54) is 64.7 Å². The minimum atomic E-state index is 1.03. The Balaban J connectivity index is 1.36. The maximum absolute atomic E-state index is 2.39. The third kappa shape index (κ3) is 2.68. The Morgan fingerprint density at radius 3 is 2.16 bits per heavy atom. The Bertz CT molecular complexity index is 1640. The van der Waals surface area contributed by atoms with Crippen molar-refractivity contribution in [1.29, 1.82) is 0 Å². The number of thiophene rings is 1. The Morgan fingerprint density at radius 1 is 0.469 bits per heavy atom. The van der Waals surface area contributed by atoms with Crippen LogP contribution in [0, 0.1) is 0 Å². The van der Waals surface area contributed by atoms with Crippen LogP contribution < -0.4 is 0 Å². The molecule has 0 amide bonds. The lowest BCUT2D eigenvalue weighted by Crippen LogP contribution is -1.83. The molecule has 0 saturated carbocycles. The molecule has 0 bridgehead atoms. The van der Waals surface area contributed by atoms with Crippen molar-refractivity contribution in [3.05, 3.63) is 120 Å². The molecule has 7 rings (SSSR count). The minimum absolute atomic E-state index is 1.03. The molecular weight excluding hydrogens is 404 g/mol. The second kappa shape index (κ2) is 6.91. The predicted molar refractivity (Wildman–Crippen MR) is 138 cm³/mol. The predicted octanol–water partition coefficient (Wildman–Crippen LogP) is 8.96. The first kappa shape index (κ1) is 17.9. The normalized spacial score (nSPS) is 12.2. The Hall–Kier alpha value is -3.68. The topological polar surface area (TPSA) is 0 Å². The van der Waals surface area contributed by atoms with Gasteiger partial charge in [0.15, 0.2) is 0 Å². The highest BCUT2D eigenvalue weighted by molar-refractivity contribution is 7.26. The summed E-state index contributed by atoms with van der Waals surface area (Å²) in [6, 6.07) is 40.1. The SMILES string of the molecule is c1ccc(-c2cccc3c2sc2cc(-c4ccc5c(c4)Cc4ccccc4-5)ccc23)cc1. The van der Waals surface area contributed by atoms with Crippen LogP contribution in [0.5, 0.6) is 0 Å². The van der Waals surface area contributed by atoms with E-state index in [0.29, 0.717) is 0 Å². The molecule has 0 N–H and O–H groups in total. The van der Waals surface area contributed by atoms with E-state index < -0.39 is 0 Å². The van der Waals surface area contributed by atoms with Gasteiger partial charge in [-0.2, -0.15) is 0 Å². The lowest BCUT2D eigenvalue weighted by atomic mass is 9.98. The van der Waals surface area contributed by atoms with Crippen molar-refractivity contribution in [3.63, 3.8) is 0 Å². The molecule has 5 aromatic carbocycles. The molecule has 32 heavy (non-hydrogen) atoms. The summed E-state index contributed by atoms with van der Waals surface area (Å²) < 4.78 is 2.72. The molecule has 0 fully saturated rings. The fraction of sp³-hybridized carbons (Fsp3) is 0.0323. The van der Waals surface area contributed by atoms with Crippen LogP contribution in [0.2, 0.25) is 0 Å². The zero-order valence-electron chi connectivity index (χ0n) is 17.5. The van der Waals surface area contributed by atoms with Crippen LogP contribution in [0.3, 0.4) is 0 Å². The van der Waals surface area contributed by atoms with Crippen LogP contribution >= 0.6 is 11.3 Å². The zero-order chi connectivity index (χ0) is 21.1. The number of benzene rings is 5. The second-order valence-corrected chi connectivity index (χ2v) is 9.62. The van der Waals surface area contributed by atoms with E-state index in [-0.39, 0.29) is 0 Å². The molecule has 0 aliphatic heterocycles. The average Bonchev–Trinajstić information content (AvgIpc) is 3.41. The largest absolute Gasteiger partial charge is 0.135 e. The van der Waals surface area contributed by atoms with Gasteiger partial charge in [-0.25, -0.2) is 0 Å². The second-order valence-electron chi connectivity index (χ2n) is 8.57. The smallest absolute Gasteiger partial charge is 0.0433 e.